The van der Waals surface area contributed by atoms with Gasteiger partial charge in [-0.1, -0.05) is 30.3 Å². The molecule has 4 heteroatoms. The van der Waals surface area contributed by atoms with Crippen LogP contribution in [-0.2, 0) is 11.2 Å². The highest BCUT2D eigenvalue weighted by Crippen LogP contribution is 2.03. The lowest BCUT2D eigenvalue weighted by molar-refractivity contribution is -0.121. The van der Waals surface area contributed by atoms with Gasteiger partial charge in [0.05, 0.1) is 17.9 Å². The van der Waals surface area contributed by atoms with Crippen LogP contribution in [0.3, 0.4) is 0 Å². The van der Waals surface area contributed by atoms with Gasteiger partial charge in [-0.25, -0.2) is 0 Å². The van der Waals surface area contributed by atoms with E-state index in [4.69, 9.17) is 0 Å². The summed E-state index contributed by atoms with van der Waals surface area (Å²) in [7, 11) is 0. The molecule has 1 aromatic rings. The lowest BCUT2D eigenvalue weighted by atomic mass is 10.1. The number of hydrogen-bond donors (Lipinski definition) is 3. The summed E-state index contributed by atoms with van der Waals surface area (Å²) < 4.78 is 0. The molecule has 0 spiro atoms. The Kier molecular flexibility index (Phi) is 5.35. The van der Waals surface area contributed by atoms with E-state index >= 15 is 0 Å². The SMILES string of the molecule is CC(S)C(=O)NC(CO)Cc1ccccc1. The predicted molar refractivity (Wildman–Crippen MR) is 67.6 cm³/mol. The Labute approximate surface area is 101 Å². The van der Waals surface area contributed by atoms with Crippen LogP contribution in [0.1, 0.15) is 12.5 Å². The van der Waals surface area contributed by atoms with Gasteiger partial charge in [0.2, 0.25) is 5.91 Å². The van der Waals surface area contributed by atoms with Gasteiger partial charge in [0.1, 0.15) is 0 Å². The predicted octanol–water partition coefficient (Wildman–Crippen LogP) is 1.02. The molecule has 0 aliphatic carbocycles. The number of amides is 1. The van der Waals surface area contributed by atoms with Gasteiger partial charge in [-0.05, 0) is 18.9 Å². The molecule has 1 rings (SSSR count). The number of thiol groups is 1. The van der Waals surface area contributed by atoms with Gasteiger partial charge in [-0.3, -0.25) is 4.79 Å². The third-order valence-corrected chi connectivity index (χ3v) is 2.51. The number of benzene rings is 1. The lowest BCUT2D eigenvalue weighted by Crippen LogP contribution is -2.42. The fourth-order valence-corrected chi connectivity index (χ4v) is 1.46. The van der Waals surface area contributed by atoms with E-state index in [1.165, 1.54) is 0 Å². The minimum Gasteiger partial charge on any atom is -0.394 e. The van der Waals surface area contributed by atoms with Crippen molar-refractivity contribution >= 4 is 18.5 Å². The molecule has 0 bridgehead atoms. The highest BCUT2D eigenvalue weighted by atomic mass is 32.1. The van der Waals surface area contributed by atoms with Crippen LogP contribution in [0.4, 0.5) is 0 Å². The van der Waals surface area contributed by atoms with Crippen molar-refractivity contribution in [2.75, 3.05) is 6.61 Å². The van der Waals surface area contributed by atoms with E-state index in [0.29, 0.717) is 6.42 Å². The minimum atomic E-state index is -0.357. The van der Waals surface area contributed by atoms with Gasteiger partial charge in [0.15, 0.2) is 0 Å². The number of carbonyl (C=O) groups is 1. The van der Waals surface area contributed by atoms with E-state index in [1.807, 2.05) is 30.3 Å². The Balaban J connectivity index is 2.53. The van der Waals surface area contributed by atoms with E-state index in [0.717, 1.165) is 5.56 Å². The van der Waals surface area contributed by atoms with Crippen molar-refractivity contribution in [3.05, 3.63) is 35.9 Å². The number of aliphatic hydroxyl groups excluding tert-OH is 1. The smallest absolute Gasteiger partial charge is 0.232 e. The monoisotopic (exact) mass is 239 g/mol. The number of rotatable bonds is 5. The molecule has 0 saturated carbocycles. The molecule has 1 amide bonds. The standard InChI is InChI=1S/C12H17NO2S/c1-9(16)12(15)13-11(8-14)7-10-5-3-2-4-6-10/h2-6,9,11,14,16H,7-8H2,1H3,(H,13,15). The van der Waals surface area contributed by atoms with Crippen molar-refractivity contribution in [3.63, 3.8) is 0 Å². The van der Waals surface area contributed by atoms with Crippen molar-refractivity contribution in [2.24, 2.45) is 0 Å². The van der Waals surface area contributed by atoms with Crippen LogP contribution in [-0.4, -0.2) is 28.9 Å². The fraction of sp³-hybridized carbons (Fsp3) is 0.417. The average Bonchev–Trinajstić information content (AvgIpc) is 2.29. The average molecular weight is 239 g/mol. The molecular formula is C12H17NO2S. The molecule has 88 valence electrons. The Morgan fingerprint density at radius 3 is 2.56 bits per heavy atom. The Morgan fingerprint density at radius 2 is 2.06 bits per heavy atom. The van der Waals surface area contributed by atoms with Gasteiger partial charge in [0.25, 0.3) is 0 Å². The molecule has 0 fully saturated rings. The van der Waals surface area contributed by atoms with Crippen LogP contribution in [0.25, 0.3) is 0 Å². The second-order valence-electron chi connectivity index (χ2n) is 3.75. The van der Waals surface area contributed by atoms with Gasteiger partial charge >= 0.3 is 0 Å². The molecule has 2 atom stereocenters. The first-order chi connectivity index (χ1) is 7.63. The quantitative estimate of drug-likeness (QED) is 0.672. The zero-order chi connectivity index (χ0) is 12.0. The Hall–Kier alpha value is -1.00. The van der Waals surface area contributed by atoms with Crippen LogP contribution in [0.5, 0.6) is 0 Å². The molecule has 0 aliphatic heterocycles. The summed E-state index contributed by atoms with van der Waals surface area (Å²) in [6.45, 7) is 1.64. The Morgan fingerprint density at radius 1 is 1.44 bits per heavy atom. The second-order valence-corrected chi connectivity index (χ2v) is 4.53. The first kappa shape index (κ1) is 13.1. The maximum absolute atomic E-state index is 11.4. The van der Waals surface area contributed by atoms with Crippen LogP contribution in [0.2, 0.25) is 0 Å². The van der Waals surface area contributed by atoms with Crippen LogP contribution in [0, 0.1) is 0 Å². The van der Waals surface area contributed by atoms with Crippen molar-refractivity contribution in [3.8, 4) is 0 Å². The summed E-state index contributed by atoms with van der Waals surface area (Å²) in [6.07, 6.45) is 0.629. The summed E-state index contributed by atoms with van der Waals surface area (Å²) >= 11 is 4.04. The van der Waals surface area contributed by atoms with Crippen molar-refractivity contribution in [1.29, 1.82) is 0 Å². The summed E-state index contributed by atoms with van der Waals surface area (Å²) in [6, 6.07) is 9.51. The van der Waals surface area contributed by atoms with E-state index in [2.05, 4.69) is 17.9 Å². The normalized spacial score (nSPS) is 14.2. The highest BCUT2D eigenvalue weighted by Gasteiger charge is 2.14. The molecule has 2 unspecified atom stereocenters. The molecule has 0 radical (unpaired) electrons. The third kappa shape index (κ3) is 4.24. The molecule has 0 heterocycles. The molecule has 1 aromatic carbocycles. The zero-order valence-electron chi connectivity index (χ0n) is 9.26. The number of aliphatic hydroxyl groups is 1. The van der Waals surface area contributed by atoms with E-state index in [-0.39, 0.29) is 23.8 Å². The van der Waals surface area contributed by atoms with Gasteiger partial charge in [-0.15, -0.1) is 0 Å². The second kappa shape index (κ2) is 6.55. The van der Waals surface area contributed by atoms with E-state index < -0.39 is 0 Å². The van der Waals surface area contributed by atoms with Crippen LogP contribution >= 0.6 is 12.6 Å². The largest absolute Gasteiger partial charge is 0.394 e. The van der Waals surface area contributed by atoms with Gasteiger partial charge in [-0.2, -0.15) is 12.6 Å². The molecule has 0 aliphatic rings. The summed E-state index contributed by atoms with van der Waals surface area (Å²) in [4.78, 5) is 11.4. The molecule has 16 heavy (non-hydrogen) atoms. The van der Waals surface area contributed by atoms with Crippen molar-refractivity contribution < 1.29 is 9.90 Å². The summed E-state index contributed by atoms with van der Waals surface area (Å²) in [5.41, 5.74) is 1.09. The molecule has 3 nitrogen and oxygen atoms in total. The molecule has 0 saturated heterocycles. The van der Waals surface area contributed by atoms with Crippen molar-refractivity contribution in [1.82, 2.24) is 5.32 Å². The highest BCUT2D eigenvalue weighted by molar-refractivity contribution is 7.81. The summed E-state index contributed by atoms with van der Waals surface area (Å²) in [5.74, 6) is -0.154. The Bertz CT molecular complexity index is 327. The van der Waals surface area contributed by atoms with E-state index in [1.54, 1.807) is 6.92 Å². The van der Waals surface area contributed by atoms with E-state index in [9.17, 15) is 9.90 Å². The third-order valence-electron chi connectivity index (χ3n) is 2.27. The summed E-state index contributed by atoms with van der Waals surface area (Å²) in [5, 5.41) is 11.6. The fourth-order valence-electron chi connectivity index (χ4n) is 1.38. The van der Waals surface area contributed by atoms with Gasteiger partial charge < -0.3 is 10.4 Å². The number of carbonyl (C=O) groups excluding carboxylic acids is 1. The van der Waals surface area contributed by atoms with Crippen molar-refractivity contribution in [2.45, 2.75) is 24.6 Å². The van der Waals surface area contributed by atoms with Gasteiger partial charge in [0, 0.05) is 0 Å². The lowest BCUT2D eigenvalue weighted by Gasteiger charge is -2.17. The minimum absolute atomic E-state index is 0.0683. The first-order valence-corrected chi connectivity index (χ1v) is 5.78. The molecular weight excluding hydrogens is 222 g/mol. The zero-order valence-corrected chi connectivity index (χ0v) is 10.2. The van der Waals surface area contributed by atoms with Crippen LogP contribution in [0.15, 0.2) is 30.3 Å². The maximum atomic E-state index is 11.4. The number of hydrogen-bond acceptors (Lipinski definition) is 3. The first-order valence-electron chi connectivity index (χ1n) is 5.26. The number of nitrogens with one attached hydrogen (secondary N) is 1. The topological polar surface area (TPSA) is 49.3 Å². The molecule has 2 N–H and O–H groups in total. The maximum Gasteiger partial charge on any atom is 0.232 e. The molecule has 0 aromatic heterocycles. The van der Waals surface area contributed by atoms with Crippen LogP contribution < -0.4 is 5.32 Å².